The lowest BCUT2D eigenvalue weighted by molar-refractivity contribution is 0.0982. The van der Waals surface area contributed by atoms with Crippen LogP contribution in [0, 0.1) is 5.92 Å². The van der Waals surface area contributed by atoms with Crippen LogP contribution < -0.4 is 0 Å². The van der Waals surface area contributed by atoms with Crippen molar-refractivity contribution in [2.24, 2.45) is 5.92 Å². The van der Waals surface area contributed by atoms with Crippen LogP contribution in [0.25, 0.3) is 0 Å². The molecule has 1 unspecified atom stereocenters. The molecule has 1 aromatic rings. The first-order valence-corrected chi connectivity index (χ1v) is 7.36. The summed E-state index contributed by atoms with van der Waals surface area (Å²) in [6.45, 7) is 6.74. The number of Topliss-reactive ketones (excluding diaryl/α,β-unsaturated/α-hetero) is 1. The van der Waals surface area contributed by atoms with Crippen molar-refractivity contribution in [2.75, 3.05) is 5.75 Å². The Morgan fingerprint density at radius 3 is 2.41 bits per heavy atom. The molecular formula is C15H22OS. The molecule has 0 fully saturated rings. The van der Waals surface area contributed by atoms with Gasteiger partial charge in [0.25, 0.3) is 0 Å². The summed E-state index contributed by atoms with van der Waals surface area (Å²) < 4.78 is 0. The third kappa shape index (κ3) is 5.40. The lowest BCUT2D eigenvalue weighted by Gasteiger charge is -2.14. The predicted octanol–water partition coefficient (Wildman–Crippen LogP) is 4.43. The zero-order valence-electron chi connectivity index (χ0n) is 11.0. The number of carbonyl (C=O) groups is 1. The molecule has 94 valence electrons. The molecule has 0 heterocycles. The van der Waals surface area contributed by atoms with E-state index < -0.39 is 0 Å². The molecule has 1 aromatic carbocycles. The number of hydrogen-bond acceptors (Lipinski definition) is 2. The molecule has 0 saturated carbocycles. The van der Waals surface area contributed by atoms with Crippen LogP contribution in [0.1, 0.15) is 44.0 Å². The lowest BCUT2D eigenvalue weighted by Crippen LogP contribution is -2.07. The Balaban J connectivity index is 2.22. The van der Waals surface area contributed by atoms with Gasteiger partial charge < -0.3 is 0 Å². The molecule has 0 amide bonds. The van der Waals surface area contributed by atoms with Gasteiger partial charge in [0.15, 0.2) is 5.78 Å². The minimum absolute atomic E-state index is 0.267. The van der Waals surface area contributed by atoms with Crippen LogP contribution in [0.2, 0.25) is 0 Å². The SMILES string of the molecule is CC(C)C(C)SCCCC(=O)c1ccccc1. The highest BCUT2D eigenvalue weighted by Gasteiger charge is 2.08. The zero-order valence-corrected chi connectivity index (χ0v) is 11.8. The van der Waals surface area contributed by atoms with E-state index in [1.807, 2.05) is 42.1 Å². The van der Waals surface area contributed by atoms with Crippen molar-refractivity contribution in [3.8, 4) is 0 Å². The number of ketones is 1. The van der Waals surface area contributed by atoms with Crippen molar-refractivity contribution >= 4 is 17.5 Å². The van der Waals surface area contributed by atoms with Gasteiger partial charge in [-0.2, -0.15) is 11.8 Å². The smallest absolute Gasteiger partial charge is 0.162 e. The summed E-state index contributed by atoms with van der Waals surface area (Å²) >= 11 is 1.97. The maximum Gasteiger partial charge on any atom is 0.162 e. The second-order valence-electron chi connectivity index (χ2n) is 4.71. The summed E-state index contributed by atoms with van der Waals surface area (Å²) in [5, 5.41) is 0.682. The van der Waals surface area contributed by atoms with Gasteiger partial charge in [0.05, 0.1) is 0 Å². The average Bonchev–Trinajstić information content (AvgIpc) is 2.35. The number of carbonyl (C=O) groups excluding carboxylic acids is 1. The fourth-order valence-electron chi connectivity index (χ4n) is 1.46. The molecule has 0 aromatic heterocycles. The summed E-state index contributed by atoms with van der Waals surface area (Å²) in [4.78, 5) is 11.8. The minimum atomic E-state index is 0.267. The van der Waals surface area contributed by atoms with Gasteiger partial charge in [-0.3, -0.25) is 4.79 Å². The van der Waals surface area contributed by atoms with E-state index in [0.29, 0.717) is 17.6 Å². The van der Waals surface area contributed by atoms with Gasteiger partial charge in [-0.1, -0.05) is 51.1 Å². The van der Waals surface area contributed by atoms with Crippen LogP contribution >= 0.6 is 11.8 Å². The Bertz CT molecular complexity index is 332. The van der Waals surface area contributed by atoms with Crippen LogP contribution in [0.5, 0.6) is 0 Å². The quantitative estimate of drug-likeness (QED) is 0.526. The van der Waals surface area contributed by atoms with Crippen molar-refractivity contribution < 1.29 is 4.79 Å². The highest BCUT2D eigenvalue weighted by Crippen LogP contribution is 2.20. The molecule has 17 heavy (non-hydrogen) atoms. The standard InChI is InChI=1S/C15H22OS/c1-12(2)13(3)17-11-7-10-15(16)14-8-5-4-6-9-14/h4-6,8-9,12-13H,7,10-11H2,1-3H3. The molecule has 0 aliphatic heterocycles. The average molecular weight is 250 g/mol. The largest absolute Gasteiger partial charge is 0.294 e. The first-order chi connectivity index (χ1) is 8.11. The molecule has 1 atom stereocenters. The van der Waals surface area contributed by atoms with E-state index in [2.05, 4.69) is 20.8 Å². The fourth-order valence-corrected chi connectivity index (χ4v) is 2.53. The lowest BCUT2D eigenvalue weighted by atomic mass is 10.1. The number of benzene rings is 1. The van der Waals surface area contributed by atoms with Crippen molar-refractivity contribution in [1.82, 2.24) is 0 Å². The molecule has 0 bridgehead atoms. The molecule has 0 aliphatic carbocycles. The van der Waals surface area contributed by atoms with Gasteiger partial charge in [0, 0.05) is 17.2 Å². The van der Waals surface area contributed by atoms with Gasteiger partial charge >= 0.3 is 0 Å². The van der Waals surface area contributed by atoms with Gasteiger partial charge in [0.1, 0.15) is 0 Å². The van der Waals surface area contributed by atoms with E-state index >= 15 is 0 Å². The van der Waals surface area contributed by atoms with E-state index in [9.17, 15) is 4.79 Å². The third-order valence-corrected chi connectivity index (χ3v) is 4.56. The fraction of sp³-hybridized carbons (Fsp3) is 0.533. The first kappa shape index (κ1) is 14.3. The molecule has 0 spiro atoms. The summed E-state index contributed by atoms with van der Waals surface area (Å²) in [6, 6.07) is 9.57. The Labute approximate surface area is 109 Å². The van der Waals surface area contributed by atoms with Crippen molar-refractivity contribution in [3.05, 3.63) is 35.9 Å². The maximum absolute atomic E-state index is 11.8. The summed E-state index contributed by atoms with van der Waals surface area (Å²) in [6.07, 6.45) is 1.65. The molecule has 0 saturated heterocycles. The molecule has 1 nitrogen and oxygen atoms in total. The van der Waals surface area contributed by atoms with Crippen LogP contribution in [0.15, 0.2) is 30.3 Å². The predicted molar refractivity (Wildman–Crippen MR) is 76.8 cm³/mol. The second-order valence-corrected chi connectivity index (χ2v) is 6.20. The summed E-state index contributed by atoms with van der Waals surface area (Å²) in [5.41, 5.74) is 0.842. The van der Waals surface area contributed by atoms with E-state index in [0.717, 1.165) is 17.7 Å². The molecular weight excluding hydrogens is 228 g/mol. The van der Waals surface area contributed by atoms with Crippen LogP contribution in [0.3, 0.4) is 0 Å². The minimum Gasteiger partial charge on any atom is -0.294 e. The number of thioether (sulfide) groups is 1. The topological polar surface area (TPSA) is 17.1 Å². The van der Waals surface area contributed by atoms with Crippen molar-refractivity contribution in [3.63, 3.8) is 0 Å². The van der Waals surface area contributed by atoms with Crippen molar-refractivity contribution in [1.29, 1.82) is 0 Å². The third-order valence-electron chi connectivity index (χ3n) is 2.96. The van der Waals surface area contributed by atoms with Gasteiger partial charge in [0.2, 0.25) is 0 Å². The Hall–Kier alpha value is -0.760. The van der Waals surface area contributed by atoms with Gasteiger partial charge in [-0.15, -0.1) is 0 Å². The molecule has 1 rings (SSSR count). The van der Waals surface area contributed by atoms with Crippen LogP contribution in [-0.4, -0.2) is 16.8 Å². The first-order valence-electron chi connectivity index (χ1n) is 6.31. The van der Waals surface area contributed by atoms with Crippen LogP contribution in [-0.2, 0) is 0 Å². The Morgan fingerprint density at radius 1 is 1.18 bits per heavy atom. The van der Waals surface area contributed by atoms with E-state index in [1.165, 1.54) is 0 Å². The highest BCUT2D eigenvalue weighted by molar-refractivity contribution is 7.99. The van der Waals surface area contributed by atoms with E-state index in [1.54, 1.807) is 0 Å². The second kappa shape index (κ2) is 7.54. The highest BCUT2D eigenvalue weighted by atomic mass is 32.2. The number of hydrogen-bond donors (Lipinski definition) is 0. The monoisotopic (exact) mass is 250 g/mol. The van der Waals surface area contributed by atoms with Gasteiger partial charge in [-0.05, 0) is 18.1 Å². The van der Waals surface area contributed by atoms with E-state index in [-0.39, 0.29) is 5.78 Å². The summed E-state index contributed by atoms with van der Waals surface area (Å²) in [5.74, 6) is 2.06. The zero-order chi connectivity index (χ0) is 12.7. The van der Waals surface area contributed by atoms with Crippen molar-refractivity contribution in [2.45, 2.75) is 38.9 Å². The Kier molecular flexibility index (Phi) is 6.35. The van der Waals surface area contributed by atoms with Gasteiger partial charge in [-0.25, -0.2) is 0 Å². The van der Waals surface area contributed by atoms with Crippen LogP contribution in [0.4, 0.5) is 0 Å². The number of rotatable bonds is 7. The molecule has 0 aliphatic rings. The normalized spacial score (nSPS) is 12.7. The Morgan fingerprint density at radius 2 is 1.82 bits per heavy atom. The maximum atomic E-state index is 11.8. The summed E-state index contributed by atoms with van der Waals surface area (Å²) in [7, 11) is 0. The molecule has 0 N–H and O–H groups in total. The molecule has 2 heteroatoms. The molecule has 0 radical (unpaired) electrons. The van der Waals surface area contributed by atoms with E-state index in [4.69, 9.17) is 0 Å².